The Kier molecular flexibility index (Phi) is 7.54. The number of benzene rings is 3. The summed E-state index contributed by atoms with van der Waals surface area (Å²) in [5.41, 5.74) is 3.33. The number of likely N-dealkylation sites (N-methyl/N-ethyl adjacent to an activating group) is 1. The maximum absolute atomic E-state index is 13.0. The SMILES string of the molecule is COc1cc(C(=O)Nc2ccc(N3CCN(C)CC3)cc2)cc(OC)c1OCc1ccccc1. The second-order valence-corrected chi connectivity index (χ2v) is 8.28. The number of carbonyl (C=O) groups is 1. The lowest BCUT2D eigenvalue weighted by Gasteiger charge is -2.34. The van der Waals surface area contributed by atoms with E-state index in [-0.39, 0.29) is 5.91 Å². The maximum atomic E-state index is 13.0. The highest BCUT2D eigenvalue weighted by atomic mass is 16.5. The van der Waals surface area contributed by atoms with Gasteiger partial charge in [0.15, 0.2) is 11.5 Å². The molecule has 1 N–H and O–H groups in total. The Labute approximate surface area is 200 Å². The van der Waals surface area contributed by atoms with Gasteiger partial charge in [0.25, 0.3) is 5.91 Å². The van der Waals surface area contributed by atoms with Crippen LogP contribution in [0.5, 0.6) is 17.2 Å². The van der Waals surface area contributed by atoms with Crippen LogP contribution in [0.3, 0.4) is 0 Å². The van der Waals surface area contributed by atoms with Gasteiger partial charge in [0.05, 0.1) is 14.2 Å². The van der Waals surface area contributed by atoms with Crippen LogP contribution >= 0.6 is 0 Å². The van der Waals surface area contributed by atoms with E-state index in [2.05, 4.69) is 22.2 Å². The molecule has 7 heteroatoms. The van der Waals surface area contributed by atoms with Crippen LogP contribution in [0.25, 0.3) is 0 Å². The van der Waals surface area contributed by atoms with Crippen molar-refractivity contribution >= 4 is 17.3 Å². The van der Waals surface area contributed by atoms with Gasteiger partial charge in [-0.3, -0.25) is 4.79 Å². The predicted molar refractivity (Wildman–Crippen MR) is 134 cm³/mol. The number of amides is 1. The summed E-state index contributed by atoms with van der Waals surface area (Å²) < 4.78 is 17.0. The lowest BCUT2D eigenvalue weighted by Crippen LogP contribution is -2.44. The first-order chi connectivity index (χ1) is 16.6. The topological polar surface area (TPSA) is 63.3 Å². The minimum Gasteiger partial charge on any atom is -0.493 e. The molecule has 3 aromatic rings. The van der Waals surface area contributed by atoms with Crippen LogP contribution in [0.2, 0.25) is 0 Å². The minimum atomic E-state index is -0.251. The molecule has 4 rings (SSSR count). The fourth-order valence-electron chi connectivity index (χ4n) is 3.91. The Morgan fingerprint density at radius 2 is 1.50 bits per heavy atom. The second kappa shape index (κ2) is 10.9. The van der Waals surface area contributed by atoms with Gasteiger partial charge in [0.1, 0.15) is 6.61 Å². The minimum absolute atomic E-state index is 0.251. The van der Waals surface area contributed by atoms with Crippen LogP contribution in [-0.4, -0.2) is 58.3 Å². The first kappa shape index (κ1) is 23.4. The fraction of sp³-hybridized carbons (Fsp3) is 0.296. The molecule has 3 aromatic carbocycles. The van der Waals surface area contributed by atoms with Gasteiger partial charge in [-0.1, -0.05) is 30.3 Å². The fourth-order valence-corrected chi connectivity index (χ4v) is 3.91. The highest BCUT2D eigenvalue weighted by Gasteiger charge is 2.19. The number of carbonyl (C=O) groups excluding carboxylic acids is 1. The Morgan fingerprint density at radius 3 is 2.09 bits per heavy atom. The van der Waals surface area contributed by atoms with Crippen molar-refractivity contribution in [2.24, 2.45) is 0 Å². The molecule has 178 valence electrons. The van der Waals surface area contributed by atoms with E-state index in [9.17, 15) is 4.79 Å². The summed E-state index contributed by atoms with van der Waals surface area (Å²) in [5, 5.41) is 2.96. The molecule has 0 spiro atoms. The van der Waals surface area contributed by atoms with Crippen molar-refractivity contribution in [3.63, 3.8) is 0 Å². The lowest BCUT2D eigenvalue weighted by atomic mass is 10.1. The molecule has 0 aliphatic carbocycles. The monoisotopic (exact) mass is 461 g/mol. The summed E-state index contributed by atoms with van der Waals surface area (Å²) in [7, 11) is 5.23. The first-order valence-electron chi connectivity index (χ1n) is 11.3. The van der Waals surface area contributed by atoms with Gasteiger partial charge in [0, 0.05) is 43.1 Å². The Balaban J connectivity index is 1.46. The molecule has 1 amide bonds. The molecule has 0 radical (unpaired) electrons. The summed E-state index contributed by atoms with van der Waals surface area (Å²) >= 11 is 0. The van der Waals surface area contributed by atoms with Crippen molar-refractivity contribution in [2.75, 3.05) is 57.7 Å². The molecule has 0 unspecified atom stereocenters. The van der Waals surface area contributed by atoms with Gasteiger partial charge < -0.3 is 29.3 Å². The number of hydrogen-bond acceptors (Lipinski definition) is 6. The van der Waals surface area contributed by atoms with Crippen molar-refractivity contribution in [3.8, 4) is 17.2 Å². The first-order valence-corrected chi connectivity index (χ1v) is 11.3. The molecule has 1 heterocycles. The van der Waals surface area contributed by atoms with Crippen LogP contribution in [-0.2, 0) is 6.61 Å². The van der Waals surface area contributed by atoms with E-state index >= 15 is 0 Å². The molecule has 0 atom stereocenters. The van der Waals surface area contributed by atoms with Crippen molar-refractivity contribution in [1.29, 1.82) is 0 Å². The summed E-state index contributed by atoms with van der Waals surface area (Å²) in [6.07, 6.45) is 0. The molecule has 1 saturated heterocycles. The standard InChI is InChI=1S/C27H31N3O4/c1-29-13-15-30(16-14-29)23-11-9-22(10-12-23)28-27(31)21-17-24(32-2)26(25(18-21)33-3)34-19-20-7-5-4-6-8-20/h4-12,17-18H,13-16,19H2,1-3H3,(H,28,31). The smallest absolute Gasteiger partial charge is 0.255 e. The molecule has 34 heavy (non-hydrogen) atoms. The normalized spacial score (nSPS) is 13.9. The Bertz CT molecular complexity index is 1070. The van der Waals surface area contributed by atoms with Crippen LogP contribution in [0.4, 0.5) is 11.4 Å². The summed E-state index contributed by atoms with van der Waals surface area (Å²) in [4.78, 5) is 17.7. The molecule has 0 aromatic heterocycles. The lowest BCUT2D eigenvalue weighted by molar-refractivity contribution is 0.102. The largest absolute Gasteiger partial charge is 0.493 e. The number of nitrogens with one attached hydrogen (secondary N) is 1. The van der Waals surface area contributed by atoms with Gasteiger partial charge >= 0.3 is 0 Å². The van der Waals surface area contributed by atoms with E-state index in [1.807, 2.05) is 54.6 Å². The molecule has 0 bridgehead atoms. The number of rotatable bonds is 8. The Morgan fingerprint density at radius 1 is 0.882 bits per heavy atom. The van der Waals surface area contributed by atoms with Gasteiger partial charge in [-0.15, -0.1) is 0 Å². The number of ether oxygens (including phenoxy) is 3. The van der Waals surface area contributed by atoms with Gasteiger partial charge in [0.2, 0.25) is 5.75 Å². The van der Waals surface area contributed by atoms with Crippen LogP contribution in [0.1, 0.15) is 15.9 Å². The third kappa shape index (κ3) is 5.61. The van der Waals surface area contributed by atoms with Crippen molar-refractivity contribution in [2.45, 2.75) is 6.61 Å². The molecule has 7 nitrogen and oxygen atoms in total. The average molecular weight is 462 g/mol. The van der Waals surface area contributed by atoms with E-state index in [0.717, 1.165) is 43.1 Å². The van der Waals surface area contributed by atoms with E-state index in [4.69, 9.17) is 14.2 Å². The summed E-state index contributed by atoms with van der Waals surface area (Å²) in [6.45, 7) is 4.46. The summed E-state index contributed by atoms with van der Waals surface area (Å²) in [5.74, 6) is 1.08. The maximum Gasteiger partial charge on any atom is 0.255 e. The molecular weight excluding hydrogens is 430 g/mol. The zero-order valence-electron chi connectivity index (χ0n) is 19.9. The van der Waals surface area contributed by atoms with Crippen molar-refractivity contribution in [3.05, 3.63) is 77.9 Å². The van der Waals surface area contributed by atoms with Gasteiger partial charge in [-0.25, -0.2) is 0 Å². The van der Waals surface area contributed by atoms with E-state index < -0.39 is 0 Å². The third-order valence-corrected chi connectivity index (χ3v) is 5.94. The molecule has 1 fully saturated rings. The number of anilines is 2. The van der Waals surface area contributed by atoms with Crippen molar-refractivity contribution in [1.82, 2.24) is 4.90 Å². The van der Waals surface area contributed by atoms with E-state index in [1.165, 1.54) is 0 Å². The highest BCUT2D eigenvalue weighted by Crippen LogP contribution is 2.39. The Hall–Kier alpha value is -3.71. The quantitative estimate of drug-likeness (QED) is 0.540. The van der Waals surface area contributed by atoms with Crippen LogP contribution in [0.15, 0.2) is 66.7 Å². The highest BCUT2D eigenvalue weighted by molar-refractivity contribution is 6.05. The predicted octanol–water partition coefficient (Wildman–Crippen LogP) is 4.29. The van der Waals surface area contributed by atoms with Gasteiger partial charge in [-0.2, -0.15) is 0 Å². The van der Waals surface area contributed by atoms with E-state index in [0.29, 0.717) is 29.4 Å². The third-order valence-electron chi connectivity index (χ3n) is 5.94. The van der Waals surface area contributed by atoms with Gasteiger partial charge in [-0.05, 0) is 49.0 Å². The molecule has 1 aliphatic heterocycles. The van der Waals surface area contributed by atoms with Crippen LogP contribution < -0.4 is 24.4 Å². The molecule has 1 aliphatic rings. The second-order valence-electron chi connectivity index (χ2n) is 8.28. The number of piperazine rings is 1. The molecular formula is C27H31N3O4. The summed E-state index contributed by atoms with van der Waals surface area (Å²) in [6, 6.07) is 21.1. The number of nitrogens with zero attached hydrogens (tertiary/aromatic N) is 2. The van der Waals surface area contributed by atoms with Crippen LogP contribution in [0, 0.1) is 0 Å². The molecule has 0 saturated carbocycles. The average Bonchev–Trinajstić information content (AvgIpc) is 2.88. The number of hydrogen-bond donors (Lipinski definition) is 1. The number of methoxy groups -OCH3 is 2. The zero-order chi connectivity index (χ0) is 23.9. The van der Waals surface area contributed by atoms with Crippen molar-refractivity contribution < 1.29 is 19.0 Å². The van der Waals surface area contributed by atoms with E-state index in [1.54, 1.807) is 26.4 Å². The zero-order valence-corrected chi connectivity index (χ0v) is 19.9.